The average Bonchev–Trinajstić information content (AvgIpc) is 3.02. The van der Waals surface area contributed by atoms with Crippen molar-refractivity contribution in [2.24, 2.45) is 0 Å². The molecule has 10 heteroatoms. The molecule has 1 heterocycles. The first-order valence-electron chi connectivity index (χ1n) is 7.44. The highest BCUT2D eigenvalue weighted by molar-refractivity contribution is 8.01. The molecule has 0 aliphatic rings. The summed E-state index contributed by atoms with van der Waals surface area (Å²) in [4.78, 5) is 12.2. The lowest BCUT2D eigenvalue weighted by molar-refractivity contribution is -0.113. The molecule has 2 aromatic carbocycles. The van der Waals surface area contributed by atoms with E-state index < -0.39 is 0 Å². The van der Waals surface area contributed by atoms with Crippen molar-refractivity contribution < 1.29 is 4.79 Å². The summed E-state index contributed by atoms with van der Waals surface area (Å²) in [6.45, 7) is 0. The monoisotopic (exact) mass is 452 g/mol. The third-order valence-electron chi connectivity index (χ3n) is 3.30. The maximum Gasteiger partial charge on any atom is 0.234 e. The third-order valence-corrected chi connectivity index (χ3v) is 6.16. The molecule has 0 aliphatic carbocycles. The maximum absolute atomic E-state index is 12.2. The van der Waals surface area contributed by atoms with E-state index in [0.717, 1.165) is 5.69 Å². The molecule has 0 radical (unpaired) electrons. The van der Waals surface area contributed by atoms with Crippen LogP contribution in [0.15, 0.2) is 46.8 Å². The Kier molecular flexibility index (Phi) is 6.52. The molecule has 0 unspecified atom stereocenters. The highest BCUT2D eigenvalue weighted by Crippen LogP contribution is 2.25. The van der Waals surface area contributed by atoms with E-state index in [-0.39, 0.29) is 11.7 Å². The third kappa shape index (κ3) is 5.09. The molecule has 0 atom stereocenters. The zero-order chi connectivity index (χ0) is 19.4. The van der Waals surface area contributed by atoms with Gasteiger partial charge in [0.25, 0.3) is 0 Å². The van der Waals surface area contributed by atoms with Crippen LogP contribution in [-0.4, -0.2) is 21.4 Å². The number of benzene rings is 2. The van der Waals surface area contributed by atoms with E-state index in [1.807, 2.05) is 18.2 Å². The second kappa shape index (κ2) is 8.87. The van der Waals surface area contributed by atoms with Crippen molar-refractivity contribution in [2.75, 3.05) is 11.1 Å². The molecule has 0 saturated carbocycles. The number of nitriles is 1. The van der Waals surface area contributed by atoms with Crippen LogP contribution in [0.3, 0.4) is 0 Å². The lowest BCUT2D eigenvalue weighted by atomic mass is 10.2. The van der Waals surface area contributed by atoms with Gasteiger partial charge < -0.3 is 5.32 Å². The Labute approximate surface area is 178 Å². The molecule has 0 saturated heterocycles. The fourth-order valence-corrected chi connectivity index (χ4v) is 4.55. The van der Waals surface area contributed by atoms with Gasteiger partial charge in [-0.1, -0.05) is 46.3 Å². The molecule has 3 aromatic rings. The fourth-order valence-electron chi connectivity index (χ4n) is 2.10. The van der Waals surface area contributed by atoms with E-state index in [9.17, 15) is 4.79 Å². The van der Waals surface area contributed by atoms with Gasteiger partial charge in [0, 0.05) is 10.0 Å². The Hall–Kier alpha value is -1.89. The minimum absolute atomic E-state index is 0.125. The van der Waals surface area contributed by atoms with Crippen LogP contribution in [0.4, 0.5) is 5.69 Å². The van der Waals surface area contributed by atoms with E-state index in [0.29, 0.717) is 29.6 Å². The van der Waals surface area contributed by atoms with Crippen LogP contribution in [0.1, 0.15) is 5.56 Å². The van der Waals surface area contributed by atoms with Crippen molar-refractivity contribution in [2.45, 2.75) is 4.34 Å². The molecule has 3 rings (SSSR count). The van der Waals surface area contributed by atoms with Crippen LogP contribution < -0.4 is 5.32 Å². The fraction of sp³-hybridized carbons (Fsp3) is 0.0588. The molecule has 1 aromatic heterocycles. The Balaban J connectivity index is 1.67. The topological polar surface area (TPSA) is 70.7 Å². The van der Waals surface area contributed by atoms with Crippen molar-refractivity contribution in [3.8, 4) is 11.8 Å². The largest absolute Gasteiger partial charge is 0.324 e. The number of carbonyl (C=O) groups excluding carboxylic acids is 1. The first-order valence-corrected chi connectivity index (χ1v) is 10.4. The minimum Gasteiger partial charge on any atom is -0.324 e. The normalized spacial score (nSPS) is 10.4. The van der Waals surface area contributed by atoms with Gasteiger partial charge in [-0.05, 0) is 54.7 Å². The van der Waals surface area contributed by atoms with E-state index in [2.05, 4.69) is 10.4 Å². The van der Waals surface area contributed by atoms with Gasteiger partial charge in [0.05, 0.1) is 22.7 Å². The molecule has 27 heavy (non-hydrogen) atoms. The second-order valence-electron chi connectivity index (χ2n) is 5.16. The van der Waals surface area contributed by atoms with Crippen molar-refractivity contribution >= 4 is 70.1 Å². The van der Waals surface area contributed by atoms with E-state index in [1.165, 1.54) is 23.1 Å². The first-order chi connectivity index (χ1) is 13.0. The Morgan fingerprint density at radius 1 is 1.26 bits per heavy atom. The van der Waals surface area contributed by atoms with Gasteiger partial charge in [0.2, 0.25) is 5.91 Å². The predicted molar refractivity (Wildman–Crippen MR) is 113 cm³/mol. The number of nitrogens with zero attached hydrogens (tertiary/aromatic N) is 3. The maximum atomic E-state index is 12.2. The van der Waals surface area contributed by atoms with E-state index in [1.54, 1.807) is 35.0 Å². The highest BCUT2D eigenvalue weighted by Gasteiger charge is 2.11. The van der Waals surface area contributed by atoms with Crippen molar-refractivity contribution in [3.05, 3.63) is 62.0 Å². The Morgan fingerprint density at radius 3 is 2.67 bits per heavy atom. The van der Waals surface area contributed by atoms with Gasteiger partial charge >= 0.3 is 0 Å². The van der Waals surface area contributed by atoms with Gasteiger partial charge in [-0.3, -0.25) is 4.79 Å². The first kappa shape index (κ1) is 19.9. The van der Waals surface area contributed by atoms with Gasteiger partial charge in [0.15, 0.2) is 8.29 Å². The van der Waals surface area contributed by atoms with Crippen LogP contribution in [-0.2, 0) is 4.79 Å². The van der Waals surface area contributed by atoms with Gasteiger partial charge in [-0.25, -0.2) is 4.68 Å². The van der Waals surface area contributed by atoms with E-state index >= 15 is 0 Å². The molecule has 0 bridgehead atoms. The number of amides is 1. The zero-order valence-electron chi connectivity index (χ0n) is 13.5. The van der Waals surface area contributed by atoms with Crippen LogP contribution in [0.25, 0.3) is 5.69 Å². The standard InChI is InChI=1S/C17H10Cl2N4OS3/c18-11-3-5-13(6-4-11)23-17(25)27-16(22-23)26-9-15(24)21-14-7-12(19)2-1-10(14)8-20/h1-7H,9H2,(H,21,24). The zero-order valence-corrected chi connectivity index (χ0v) is 17.4. The Morgan fingerprint density at radius 2 is 1.96 bits per heavy atom. The van der Waals surface area contributed by atoms with Gasteiger partial charge in [-0.15, -0.1) is 5.10 Å². The van der Waals surface area contributed by atoms with Crippen LogP contribution >= 0.6 is 58.5 Å². The number of nitrogens with one attached hydrogen (secondary N) is 1. The minimum atomic E-state index is -0.266. The predicted octanol–water partition coefficient (Wildman–Crippen LogP) is 5.57. The number of hydrogen-bond donors (Lipinski definition) is 1. The van der Waals surface area contributed by atoms with E-state index in [4.69, 9.17) is 40.7 Å². The second-order valence-corrected chi connectivity index (χ2v) is 8.88. The number of aromatic nitrogens is 2. The summed E-state index contributed by atoms with van der Waals surface area (Å²) in [6.07, 6.45) is 0. The summed E-state index contributed by atoms with van der Waals surface area (Å²) in [5.74, 6) is -0.141. The quantitative estimate of drug-likeness (QED) is 0.404. The molecular weight excluding hydrogens is 443 g/mol. The smallest absolute Gasteiger partial charge is 0.234 e. The molecular formula is C17H10Cl2N4OS3. The number of rotatable bonds is 5. The number of halogens is 2. The Bertz CT molecular complexity index is 1090. The summed E-state index contributed by atoms with van der Waals surface area (Å²) in [5, 5.41) is 17.3. The lowest BCUT2D eigenvalue weighted by Crippen LogP contribution is -2.15. The molecule has 5 nitrogen and oxygen atoms in total. The number of thioether (sulfide) groups is 1. The lowest BCUT2D eigenvalue weighted by Gasteiger charge is -2.06. The van der Waals surface area contributed by atoms with Crippen LogP contribution in [0, 0.1) is 15.3 Å². The summed E-state index contributed by atoms with van der Waals surface area (Å²) < 4.78 is 2.86. The van der Waals surface area contributed by atoms with Crippen molar-refractivity contribution in [3.63, 3.8) is 0 Å². The van der Waals surface area contributed by atoms with Crippen molar-refractivity contribution in [1.82, 2.24) is 9.78 Å². The molecule has 1 amide bonds. The molecule has 0 spiro atoms. The number of hydrogen-bond acceptors (Lipinski definition) is 6. The summed E-state index contributed by atoms with van der Waals surface area (Å²) in [6, 6.07) is 13.9. The van der Waals surface area contributed by atoms with Crippen LogP contribution in [0.5, 0.6) is 0 Å². The van der Waals surface area contributed by atoms with Crippen LogP contribution in [0.2, 0.25) is 10.0 Å². The molecule has 0 aliphatic heterocycles. The summed E-state index contributed by atoms with van der Waals surface area (Å²) >= 11 is 19.7. The summed E-state index contributed by atoms with van der Waals surface area (Å²) in [7, 11) is 0. The summed E-state index contributed by atoms with van der Waals surface area (Å²) in [5.41, 5.74) is 1.53. The van der Waals surface area contributed by atoms with Gasteiger partial charge in [0.1, 0.15) is 6.07 Å². The number of carbonyl (C=O) groups is 1. The molecule has 0 fully saturated rings. The number of anilines is 1. The molecule has 136 valence electrons. The SMILES string of the molecule is N#Cc1ccc(Cl)cc1NC(=O)CSc1nn(-c2ccc(Cl)cc2)c(=S)s1. The van der Waals surface area contributed by atoms with Gasteiger partial charge in [-0.2, -0.15) is 5.26 Å². The van der Waals surface area contributed by atoms with Crippen molar-refractivity contribution in [1.29, 1.82) is 5.26 Å². The highest BCUT2D eigenvalue weighted by atomic mass is 35.5. The average molecular weight is 453 g/mol. The molecule has 1 N–H and O–H groups in total.